The van der Waals surface area contributed by atoms with Gasteiger partial charge in [-0.15, -0.1) is 0 Å². The Balaban J connectivity index is 1.74. The molecule has 0 aromatic heterocycles. The van der Waals surface area contributed by atoms with Gasteiger partial charge in [0.05, 0.1) is 12.0 Å². The van der Waals surface area contributed by atoms with Gasteiger partial charge in [-0.1, -0.05) is 43.0 Å². The zero-order valence-corrected chi connectivity index (χ0v) is 14.0. The highest BCUT2D eigenvalue weighted by atomic mass is 35.5. The summed E-state index contributed by atoms with van der Waals surface area (Å²) >= 11 is 5.97. The molecule has 128 valence electrons. The van der Waals surface area contributed by atoms with Crippen molar-refractivity contribution in [1.82, 2.24) is 16.0 Å². The van der Waals surface area contributed by atoms with Gasteiger partial charge in [0.25, 0.3) is 5.91 Å². The van der Waals surface area contributed by atoms with Crippen molar-refractivity contribution in [3.8, 4) is 0 Å². The van der Waals surface area contributed by atoms with Crippen LogP contribution in [0.15, 0.2) is 24.3 Å². The summed E-state index contributed by atoms with van der Waals surface area (Å²) in [5.74, 6) is -0.700. The first-order valence-electron chi connectivity index (χ1n) is 8.17. The van der Waals surface area contributed by atoms with Crippen molar-refractivity contribution in [2.24, 2.45) is 0 Å². The number of hydrogen-bond acceptors (Lipinski definition) is 3. The molecule has 1 atom stereocenters. The number of hydrogen-bond donors (Lipinski definition) is 3. The molecule has 0 unspecified atom stereocenters. The van der Waals surface area contributed by atoms with Gasteiger partial charge < -0.3 is 10.6 Å². The maximum atomic E-state index is 12.5. The van der Waals surface area contributed by atoms with Gasteiger partial charge in [0.2, 0.25) is 5.91 Å². The number of halogens is 1. The highest BCUT2D eigenvalue weighted by Gasteiger charge is 2.37. The molecule has 1 saturated carbocycles. The molecule has 0 radical (unpaired) electrons. The number of carbonyl (C=O) groups is 3. The molecule has 1 aromatic rings. The van der Waals surface area contributed by atoms with E-state index < -0.39 is 23.5 Å². The molecule has 2 fully saturated rings. The number of rotatable bonds is 4. The van der Waals surface area contributed by atoms with Crippen molar-refractivity contribution in [2.75, 3.05) is 0 Å². The first-order chi connectivity index (χ1) is 11.5. The summed E-state index contributed by atoms with van der Waals surface area (Å²) in [7, 11) is 0. The van der Waals surface area contributed by atoms with Crippen molar-refractivity contribution in [1.29, 1.82) is 0 Å². The lowest BCUT2D eigenvalue weighted by Gasteiger charge is -2.39. The summed E-state index contributed by atoms with van der Waals surface area (Å²) in [6.07, 6.45) is 4.85. The van der Waals surface area contributed by atoms with Gasteiger partial charge in [-0.2, -0.15) is 0 Å². The first kappa shape index (κ1) is 16.8. The predicted octanol–water partition coefficient (Wildman–Crippen LogP) is 2.21. The van der Waals surface area contributed by atoms with E-state index in [1.165, 1.54) is 0 Å². The first-order valence-corrected chi connectivity index (χ1v) is 8.55. The smallest absolute Gasteiger partial charge is 0.322 e. The Morgan fingerprint density at radius 1 is 1.17 bits per heavy atom. The molecule has 24 heavy (non-hydrogen) atoms. The van der Waals surface area contributed by atoms with Crippen molar-refractivity contribution >= 4 is 29.4 Å². The summed E-state index contributed by atoms with van der Waals surface area (Å²) < 4.78 is 0. The van der Waals surface area contributed by atoms with Crippen LogP contribution in [0.5, 0.6) is 0 Å². The van der Waals surface area contributed by atoms with Crippen molar-refractivity contribution in [2.45, 2.75) is 50.1 Å². The Hall–Kier alpha value is -2.08. The van der Waals surface area contributed by atoms with Gasteiger partial charge in [-0.25, -0.2) is 4.79 Å². The van der Waals surface area contributed by atoms with E-state index in [1.807, 2.05) is 24.3 Å². The van der Waals surface area contributed by atoms with E-state index >= 15 is 0 Å². The number of amides is 4. The summed E-state index contributed by atoms with van der Waals surface area (Å²) in [6.45, 7) is 0. The van der Waals surface area contributed by atoms with Gasteiger partial charge in [-0.3, -0.25) is 14.9 Å². The lowest BCUT2D eigenvalue weighted by Crippen LogP contribution is -2.49. The molecular weight excluding hydrogens is 330 g/mol. The normalized spacial score (nSPS) is 22.6. The average Bonchev–Trinajstić information content (AvgIpc) is 2.86. The fraction of sp³-hybridized carbons (Fsp3) is 0.471. The topological polar surface area (TPSA) is 87.3 Å². The number of urea groups is 1. The molecule has 7 heteroatoms. The highest BCUT2D eigenvalue weighted by molar-refractivity contribution is 6.30. The summed E-state index contributed by atoms with van der Waals surface area (Å²) in [4.78, 5) is 35.3. The summed E-state index contributed by atoms with van der Waals surface area (Å²) in [6, 6.07) is 6.18. The zero-order chi connectivity index (χ0) is 17.2. The Morgan fingerprint density at radius 3 is 2.42 bits per heavy atom. The van der Waals surface area contributed by atoms with Crippen LogP contribution in [0.1, 0.15) is 44.1 Å². The molecular formula is C17H20ClN3O3. The quantitative estimate of drug-likeness (QED) is 0.728. The Kier molecular flexibility index (Phi) is 4.76. The predicted molar refractivity (Wildman–Crippen MR) is 89.4 cm³/mol. The molecule has 3 N–H and O–H groups in total. The Bertz CT molecular complexity index is 654. The second kappa shape index (κ2) is 6.81. The van der Waals surface area contributed by atoms with Gasteiger partial charge in [0.1, 0.15) is 6.04 Å². The van der Waals surface area contributed by atoms with E-state index in [1.54, 1.807) is 0 Å². The molecule has 3 rings (SSSR count). The average molecular weight is 350 g/mol. The minimum atomic E-state index is -0.802. The van der Waals surface area contributed by atoms with Crippen molar-refractivity contribution < 1.29 is 14.4 Å². The number of imide groups is 1. The fourth-order valence-corrected chi connectivity index (χ4v) is 3.64. The molecule has 0 spiro atoms. The second-order valence-corrected chi connectivity index (χ2v) is 6.85. The standard InChI is InChI=1S/C17H20ClN3O3/c18-12-6-4-11(5-7-12)17(8-2-1-3-9-17)21-14(22)10-13-15(23)20-16(24)19-13/h4-7,13H,1-3,8-10H2,(H,21,22)(H2,19,20,23,24)/t13-/m0/s1. The van der Waals surface area contributed by atoms with Gasteiger partial charge in [-0.05, 0) is 30.5 Å². The van der Waals surface area contributed by atoms with E-state index in [0.717, 1.165) is 37.7 Å². The van der Waals surface area contributed by atoms with E-state index in [-0.39, 0.29) is 12.3 Å². The molecule has 1 aliphatic carbocycles. The van der Waals surface area contributed by atoms with Gasteiger partial charge >= 0.3 is 6.03 Å². The number of carbonyl (C=O) groups excluding carboxylic acids is 3. The molecule has 0 bridgehead atoms. The minimum absolute atomic E-state index is 0.0626. The number of nitrogens with one attached hydrogen (secondary N) is 3. The van der Waals surface area contributed by atoms with Crippen LogP contribution < -0.4 is 16.0 Å². The monoisotopic (exact) mass is 349 g/mol. The van der Waals surface area contributed by atoms with Crippen LogP contribution in [0.25, 0.3) is 0 Å². The minimum Gasteiger partial charge on any atom is -0.347 e. The SMILES string of the molecule is O=C(C[C@@H]1NC(=O)NC1=O)NC1(c2ccc(Cl)cc2)CCCCC1. The molecule has 1 saturated heterocycles. The zero-order valence-electron chi connectivity index (χ0n) is 13.2. The molecule has 1 aliphatic heterocycles. The van der Waals surface area contributed by atoms with E-state index in [9.17, 15) is 14.4 Å². The third-order valence-electron chi connectivity index (χ3n) is 4.73. The summed E-state index contributed by atoms with van der Waals surface area (Å²) in [5, 5.41) is 8.36. The van der Waals surface area contributed by atoms with Gasteiger partial charge in [0.15, 0.2) is 0 Å². The summed E-state index contributed by atoms with van der Waals surface area (Å²) in [5.41, 5.74) is 0.596. The van der Waals surface area contributed by atoms with E-state index in [4.69, 9.17) is 11.6 Å². The lowest BCUT2D eigenvalue weighted by atomic mass is 9.76. The molecule has 2 aliphatic rings. The largest absolute Gasteiger partial charge is 0.347 e. The van der Waals surface area contributed by atoms with Crippen LogP contribution in [0.2, 0.25) is 5.02 Å². The van der Waals surface area contributed by atoms with Crippen molar-refractivity contribution in [3.05, 3.63) is 34.9 Å². The maximum Gasteiger partial charge on any atom is 0.322 e. The second-order valence-electron chi connectivity index (χ2n) is 6.42. The van der Waals surface area contributed by atoms with E-state index in [0.29, 0.717) is 5.02 Å². The van der Waals surface area contributed by atoms with Crippen LogP contribution in [-0.2, 0) is 15.1 Å². The highest BCUT2D eigenvalue weighted by Crippen LogP contribution is 2.37. The molecule has 1 heterocycles. The van der Waals surface area contributed by atoms with Crippen LogP contribution in [0.3, 0.4) is 0 Å². The van der Waals surface area contributed by atoms with Crippen molar-refractivity contribution in [3.63, 3.8) is 0 Å². The third-order valence-corrected chi connectivity index (χ3v) is 4.98. The molecule has 6 nitrogen and oxygen atoms in total. The fourth-order valence-electron chi connectivity index (χ4n) is 3.52. The van der Waals surface area contributed by atoms with Crippen LogP contribution >= 0.6 is 11.6 Å². The lowest BCUT2D eigenvalue weighted by molar-refractivity contribution is -0.128. The molecule has 4 amide bonds. The molecule has 1 aromatic carbocycles. The number of benzene rings is 1. The van der Waals surface area contributed by atoms with Crippen LogP contribution in [0.4, 0.5) is 4.79 Å². The van der Waals surface area contributed by atoms with E-state index in [2.05, 4.69) is 16.0 Å². The van der Waals surface area contributed by atoms with Crippen LogP contribution in [0, 0.1) is 0 Å². The maximum absolute atomic E-state index is 12.5. The van der Waals surface area contributed by atoms with Gasteiger partial charge in [0, 0.05) is 5.02 Å². The van der Waals surface area contributed by atoms with Crippen LogP contribution in [-0.4, -0.2) is 23.9 Å². The Labute approximate surface area is 145 Å². The Morgan fingerprint density at radius 2 is 1.83 bits per heavy atom. The third kappa shape index (κ3) is 3.53.